The van der Waals surface area contributed by atoms with Crippen LogP contribution in [0.3, 0.4) is 0 Å². The zero-order chi connectivity index (χ0) is 11.7. The van der Waals surface area contributed by atoms with E-state index < -0.39 is 0 Å². The first-order chi connectivity index (χ1) is 7.65. The van der Waals surface area contributed by atoms with Gasteiger partial charge in [-0.05, 0) is 28.3 Å². The summed E-state index contributed by atoms with van der Waals surface area (Å²) in [4.78, 5) is 6.20. The normalized spacial score (nSPS) is 25.1. The first-order valence-electron chi connectivity index (χ1n) is 5.41. The summed E-state index contributed by atoms with van der Waals surface area (Å²) in [7, 11) is 0. The molecule has 0 spiro atoms. The average molecular weight is 286 g/mol. The van der Waals surface area contributed by atoms with Gasteiger partial charge in [-0.1, -0.05) is 6.92 Å². The summed E-state index contributed by atoms with van der Waals surface area (Å²) in [5, 5.41) is 9.44. The van der Waals surface area contributed by atoms with E-state index in [0.717, 1.165) is 23.1 Å². The number of aliphatic hydroxyl groups excluding tert-OH is 1. The maximum Gasteiger partial charge on any atom is 0.0779 e. The first-order valence-corrected chi connectivity index (χ1v) is 6.21. The van der Waals surface area contributed by atoms with E-state index in [1.165, 1.54) is 0 Å². The number of aliphatic hydroxyl groups is 1. The molecule has 5 heteroatoms. The summed E-state index contributed by atoms with van der Waals surface area (Å²) in [6.45, 7) is 3.25. The molecule has 4 nitrogen and oxygen atoms in total. The smallest absolute Gasteiger partial charge is 0.0779 e. The number of rotatable bonds is 2. The van der Waals surface area contributed by atoms with Gasteiger partial charge in [-0.15, -0.1) is 0 Å². The molecule has 0 bridgehead atoms. The molecule has 1 aliphatic heterocycles. The van der Waals surface area contributed by atoms with Crippen LogP contribution in [0, 0.1) is 5.92 Å². The van der Waals surface area contributed by atoms with E-state index in [1.54, 1.807) is 12.4 Å². The predicted molar refractivity (Wildman–Crippen MR) is 68.4 cm³/mol. The lowest BCUT2D eigenvalue weighted by atomic mass is 10.0. The van der Waals surface area contributed by atoms with Crippen molar-refractivity contribution in [2.24, 2.45) is 5.92 Å². The van der Waals surface area contributed by atoms with E-state index in [2.05, 4.69) is 32.7 Å². The highest BCUT2D eigenvalue weighted by atomic mass is 79.9. The van der Waals surface area contributed by atoms with E-state index in [-0.39, 0.29) is 12.6 Å². The van der Waals surface area contributed by atoms with Crippen molar-refractivity contribution in [2.45, 2.75) is 19.4 Å². The van der Waals surface area contributed by atoms with Gasteiger partial charge in [0.15, 0.2) is 0 Å². The molecule has 2 heterocycles. The zero-order valence-electron chi connectivity index (χ0n) is 9.23. The highest BCUT2D eigenvalue weighted by Gasteiger charge is 2.32. The van der Waals surface area contributed by atoms with Gasteiger partial charge in [0, 0.05) is 12.7 Å². The van der Waals surface area contributed by atoms with E-state index in [4.69, 9.17) is 5.73 Å². The van der Waals surface area contributed by atoms with Crippen LogP contribution in [-0.2, 0) is 0 Å². The number of anilines is 2. The molecule has 1 saturated heterocycles. The van der Waals surface area contributed by atoms with Gasteiger partial charge >= 0.3 is 0 Å². The van der Waals surface area contributed by atoms with Crippen LogP contribution < -0.4 is 10.6 Å². The third kappa shape index (κ3) is 1.89. The number of nitrogens with zero attached hydrogens (tertiary/aromatic N) is 2. The molecule has 1 aromatic heterocycles. The van der Waals surface area contributed by atoms with E-state index in [0.29, 0.717) is 11.6 Å². The second-order valence-electron chi connectivity index (χ2n) is 4.27. The molecule has 3 N–H and O–H groups in total. The molecule has 1 aliphatic rings. The Labute approximate surface area is 104 Å². The lowest BCUT2D eigenvalue weighted by molar-refractivity contribution is 0.245. The topological polar surface area (TPSA) is 62.4 Å². The molecular weight excluding hydrogens is 270 g/mol. The molecule has 0 saturated carbocycles. The summed E-state index contributed by atoms with van der Waals surface area (Å²) in [6, 6.07) is 0.154. The van der Waals surface area contributed by atoms with Gasteiger partial charge in [0.25, 0.3) is 0 Å². The fourth-order valence-electron chi connectivity index (χ4n) is 2.31. The Balaban J connectivity index is 2.37. The Hall–Kier alpha value is -0.810. The Bertz CT molecular complexity index is 365. The van der Waals surface area contributed by atoms with E-state index >= 15 is 0 Å². The van der Waals surface area contributed by atoms with Crippen molar-refractivity contribution in [3.8, 4) is 0 Å². The van der Waals surface area contributed by atoms with E-state index in [9.17, 15) is 5.11 Å². The maximum absolute atomic E-state index is 9.44. The van der Waals surface area contributed by atoms with Gasteiger partial charge < -0.3 is 15.7 Å². The fraction of sp³-hybridized carbons (Fsp3) is 0.545. The number of hydrogen-bond donors (Lipinski definition) is 2. The first kappa shape index (κ1) is 11.7. The largest absolute Gasteiger partial charge is 0.396 e. The fourth-order valence-corrected chi connectivity index (χ4v) is 2.89. The molecule has 2 unspecified atom stereocenters. The van der Waals surface area contributed by atoms with Crippen molar-refractivity contribution in [3.63, 3.8) is 0 Å². The van der Waals surface area contributed by atoms with Gasteiger partial charge in [0.1, 0.15) is 0 Å². The average Bonchev–Trinajstić information content (AvgIpc) is 2.59. The van der Waals surface area contributed by atoms with Crippen LogP contribution in [0.25, 0.3) is 0 Å². The number of aromatic nitrogens is 1. The highest BCUT2D eigenvalue weighted by Crippen LogP contribution is 2.37. The standard InChI is InChI=1S/C11H16BrN3O/c1-7-2-3-15(10(7)6-16)11-8(12)4-14-5-9(11)13/h4-5,7,10,16H,2-3,6,13H2,1H3. The molecule has 0 aromatic carbocycles. The molecule has 88 valence electrons. The van der Waals surface area contributed by atoms with Gasteiger partial charge in [0.05, 0.1) is 34.7 Å². The summed E-state index contributed by atoms with van der Waals surface area (Å²) in [5.74, 6) is 0.490. The third-order valence-corrected chi connectivity index (χ3v) is 3.84. The van der Waals surface area contributed by atoms with Crippen molar-refractivity contribution in [1.82, 2.24) is 4.98 Å². The van der Waals surface area contributed by atoms with Gasteiger partial charge in [-0.25, -0.2) is 0 Å². The second-order valence-corrected chi connectivity index (χ2v) is 5.12. The summed E-state index contributed by atoms with van der Waals surface area (Å²) in [5.41, 5.74) is 7.56. The van der Waals surface area contributed by atoms with Crippen molar-refractivity contribution < 1.29 is 5.11 Å². The van der Waals surface area contributed by atoms with E-state index in [1.807, 2.05) is 0 Å². The quantitative estimate of drug-likeness (QED) is 0.867. The third-order valence-electron chi connectivity index (χ3n) is 3.26. The molecule has 0 radical (unpaired) electrons. The van der Waals surface area contributed by atoms with Crippen molar-refractivity contribution in [1.29, 1.82) is 0 Å². The van der Waals surface area contributed by atoms with Crippen LogP contribution in [0.5, 0.6) is 0 Å². The van der Waals surface area contributed by atoms with Gasteiger partial charge in [-0.2, -0.15) is 0 Å². The van der Waals surface area contributed by atoms with Crippen LogP contribution in [0.4, 0.5) is 11.4 Å². The van der Waals surface area contributed by atoms with Crippen LogP contribution in [0.2, 0.25) is 0 Å². The van der Waals surface area contributed by atoms with Gasteiger partial charge in [-0.3, -0.25) is 4.98 Å². The second kappa shape index (κ2) is 4.59. The number of nitrogen functional groups attached to an aromatic ring is 1. The molecule has 2 atom stereocenters. The lowest BCUT2D eigenvalue weighted by Crippen LogP contribution is -2.35. The summed E-state index contributed by atoms with van der Waals surface area (Å²) < 4.78 is 0.889. The minimum absolute atomic E-state index is 0.154. The van der Waals surface area contributed by atoms with Crippen LogP contribution in [0.15, 0.2) is 16.9 Å². The van der Waals surface area contributed by atoms with Crippen molar-refractivity contribution >= 4 is 27.3 Å². The van der Waals surface area contributed by atoms with Gasteiger partial charge in [0.2, 0.25) is 0 Å². The highest BCUT2D eigenvalue weighted by molar-refractivity contribution is 9.10. The van der Waals surface area contributed by atoms with Crippen LogP contribution >= 0.6 is 15.9 Å². The zero-order valence-corrected chi connectivity index (χ0v) is 10.8. The minimum Gasteiger partial charge on any atom is -0.396 e. The number of halogens is 1. The number of pyridine rings is 1. The predicted octanol–water partition coefficient (Wildman–Crippen LogP) is 1.63. The number of hydrogen-bond acceptors (Lipinski definition) is 4. The SMILES string of the molecule is CC1CCN(c2c(N)cncc2Br)C1CO. The van der Waals surface area contributed by atoms with Crippen LogP contribution in [-0.4, -0.2) is 29.3 Å². The summed E-state index contributed by atoms with van der Waals surface area (Å²) >= 11 is 3.47. The lowest BCUT2D eigenvalue weighted by Gasteiger charge is -2.29. The molecule has 2 rings (SSSR count). The van der Waals surface area contributed by atoms with Crippen molar-refractivity contribution in [2.75, 3.05) is 23.8 Å². The Morgan fingerprint density at radius 3 is 3.00 bits per heavy atom. The molecule has 0 aliphatic carbocycles. The molecule has 0 amide bonds. The Kier molecular flexibility index (Phi) is 3.35. The molecule has 1 fully saturated rings. The monoisotopic (exact) mass is 285 g/mol. The Morgan fingerprint density at radius 2 is 2.38 bits per heavy atom. The maximum atomic E-state index is 9.44. The Morgan fingerprint density at radius 1 is 1.62 bits per heavy atom. The number of nitrogens with two attached hydrogens (primary N) is 1. The molecule has 1 aromatic rings. The molecule has 16 heavy (non-hydrogen) atoms. The minimum atomic E-state index is 0.154. The molecular formula is C11H16BrN3O. The van der Waals surface area contributed by atoms with Crippen LogP contribution in [0.1, 0.15) is 13.3 Å². The summed E-state index contributed by atoms with van der Waals surface area (Å²) in [6.07, 6.45) is 4.47. The van der Waals surface area contributed by atoms with Crippen molar-refractivity contribution in [3.05, 3.63) is 16.9 Å².